The molecule has 1 aliphatic heterocycles. The lowest BCUT2D eigenvalue weighted by molar-refractivity contribution is -0.127. The van der Waals surface area contributed by atoms with Crippen LogP contribution in [0.25, 0.3) is 23.0 Å². The number of aromatic amines is 1. The minimum Gasteiger partial charge on any atom is -0.453 e. The smallest absolute Gasteiger partial charge is 0.411 e. The number of rotatable bonds is 10. The third-order valence-corrected chi connectivity index (χ3v) is 7.34. The van der Waals surface area contributed by atoms with E-state index in [4.69, 9.17) is 16.3 Å². The van der Waals surface area contributed by atoms with E-state index in [2.05, 4.69) is 41.4 Å². The molecule has 44 heavy (non-hydrogen) atoms. The molecule has 0 saturated carbocycles. The van der Waals surface area contributed by atoms with Crippen molar-refractivity contribution in [3.8, 4) is 16.9 Å². The summed E-state index contributed by atoms with van der Waals surface area (Å²) in [7, 11) is 1.30. The quantitative estimate of drug-likeness (QED) is 0.194. The lowest BCUT2D eigenvalue weighted by atomic mass is 10.1. The van der Waals surface area contributed by atoms with Crippen molar-refractivity contribution < 1.29 is 19.1 Å². The number of methoxy groups -OCH3 is 1. The lowest BCUT2D eigenvalue weighted by Crippen LogP contribution is -2.27. The average molecular weight is 619 g/mol. The van der Waals surface area contributed by atoms with E-state index in [9.17, 15) is 14.4 Å². The minimum absolute atomic E-state index is 0.0719. The van der Waals surface area contributed by atoms with E-state index in [1.807, 2.05) is 17.0 Å². The number of hydrogen-bond acceptors (Lipinski definition) is 9. The molecule has 0 radical (unpaired) electrons. The molecule has 4 N–H and O–H groups in total. The van der Waals surface area contributed by atoms with E-state index in [-0.39, 0.29) is 24.3 Å². The molecule has 0 bridgehead atoms. The molecule has 15 heteroatoms. The number of H-pyrrole nitrogens is 1. The first-order valence-corrected chi connectivity index (χ1v) is 14.2. The van der Waals surface area contributed by atoms with Crippen LogP contribution in [0.1, 0.15) is 24.7 Å². The highest BCUT2D eigenvalue weighted by molar-refractivity contribution is 6.30. The van der Waals surface area contributed by atoms with Gasteiger partial charge in [-0.05, 0) is 65.2 Å². The van der Waals surface area contributed by atoms with Crippen LogP contribution in [-0.2, 0) is 20.9 Å². The van der Waals surface area contributed by atoms with Crippen LogP contribution in [0.3, 0.4) is 0 Å². The second-order valence-corrected chi connectivity index (χ2v) is 10.6. The SMILES string of the molecule is COC(=O)Nc1ccc(-c2c[nH]c(CNC(=O)/C=C/c3cc(Cl)ccc3-n3cnnn3)n2)c(NC[C@@H]2CCN(C(C)=O)C2)c1. The van der Waals surface area contributed by atoms with Crippen LogP contribution in [0, 0.1) is 5.92 Å². The molecule has 1 fully saturated rings. The van der Waals surface area contributed by atoms with Gasteiger partial charge in [0.1, 0.15) is 12.2 Å². The Balaban J connectivity index is 1.25. The van der Waals surface area contributed by atoms with Gasteiger partial charge in [0, 0.05) is 66.4 Å². The molecular weight excluding hydrogens is 588 g/mol. The fourth-order valence-electron chi connectivity index (χ4n) is 4.82. The summed E-state index contributed by atoms with van der Waals surface area (Å²) in [6.07, 6.45) is 6.56. The summed E-state index contributed by atoms with van der Waals surface area (Å²) in [5, 5.41) is 20.7. The first-order valence-electron chi connectivity index (χ1n) is 13.8. The van der Waals surface area contributed by atoms with E-state index < -0.39 is 6.09 Å². The van der Waals surface area contributed by atoms with E-state index >= 15 is 0 Å². The maximum atomic E-state index is 12.6. The van der Waals surface area contributed by atoms with E-state index in [0.29, 0.717) is 46.6 Å². The number of halogens is 1. The Morgan fingerprint density at radius 2 is 2.07 bits per heavy atom. The summed E-state index contributed by atoms with van der Waals surface area (Å²) < 4.78 is 6.21. The molecule has 3 amide bonds. The third kappa shape index (κ3) is 7.58. The minimum atomic E-state index is -0.578. The van der Waals surface area contributed by atoms with Gasteiger partial charge in [-0.2, -0.15) is 4.68 Å². The topological polar surface area (TPSA) is 172 Å². The van der Waals surface area contributed by atoms with Crippen molar-refractivity contribution in [3.05, 3.63) is 71.4 Å². The highest BCUT2D eigenvalue weighted by Crippen LogP contribution is 2.31. The van der Waals surface area contributed by atoms with Gasteiger partial charge in [-0.1, -0.05) is 11.6 Å². The van der Waals surface area contributed by atoms with Gasteiger partial charge in [0.05, 0.1) is 25.0 Å². The molecule has 1 atom stereocenters. The molecule has 0 aliphatic carbocycles. The van der Waals surface area contributed by atoms with Gasteiger partial charge < -0.3 is 25.3 Å². The molecular formula is C29H31ClN10O4. The zero-order valence-electron chi connectivity index (χ0n) is 24.1. The lowest BCUT2D eigenvalue weighted by Gasteiger charge is -2.17. The fourth-order valence-corrected chi connectivity index (χ4v) is 5.01. The number of ether oxygens (including phenoxy) is 1. The monoisotopic (exact) mass is 618 g/mol. The van der Waals surface area contributed by atoms with E-state index in [1.165, 1.54) is 24.2 Å². The average Bonchev–Trinajstić information content (AvgIpc) is 3.81. The highest BCUT2D eigenvalue weighted by atomic mass is 35.5. The number of hydrogen-bond donors (Lipinski definition) is 4. The van der Waals surface area contributed by atoms with Gasteiger partial charge in [0.25, 0.3) is 0 Å². The Bertz CT molecular complexity index is 1670. The predicted molar refractivity (Wildman–Crippen MR) is 164 cm³/mol. The van der Waals surface area contributed by atoms with Crippen LogP contribution in [0.5, 0.6) is 0 Å². The standard InChI is InChI=1S/C29H31ClN10O4/c1-18(41)39-10-9-19(16-39)13-31-24-12-22(35-29(43)44-2)5-6-23(24)25-14-32-27(36-25)15-33-28(42)8-3-20-11-21(30)4-7-26(20)40-17-34-37-38-40/h3-8,11-12,14,17,19,31H,9-10,13,15-16H2,1-2H3,(H,32,36)(H,33,42)(H,35,43)/b8-3+/t19-/m0/s1. The molecule has 3 heterocycles. The van der Waals surface area contributed by atoms with Gasteiger partial charge in [0.2, 0.25) is 11.8 Å². The first-order chi connectivity index (χ1) is 21.3. The molecule has 1 aliphatic rings. The molecule has 14 nitrogen and oxygen atoms in total. The second-order valence-electron chi connectivity index (χ2n) is 10.1. The zero-order chi connectivity index (χ0) is 31.1. The van der Waals surface area contributed by atoms with Crippen molar-refractivity contribution in [2.45, 2.75) is 19.9 Å². The Morgan fingerprint density at radius 1 is 1.20 bits per heavy atom. The first kappa shape index (κ1) is 30.2. The molecule has 1 saturated heterocycles. The number of amides is 3. The van der Waals surface area contributed by atoms with Crippen molar-refractivity contribution in [2.75, 3.05) is 37.4 Å². The van der Waals surface area contributed by atoms with Crippen molar-refractivity contribution in [3.63, 3.8) is 0 Å². The fraction of sp³-hybridized carbons (Fsp3) is 0.276. The molecule has 2 aromatic carbocycles. The molecule has 0 spiro atoms. The number of aromatic nitrogens is 6. The number of anilines is 2. The number of nitrogens with zero attached hydrogens (tertiary/aromatic N) is 6. The maximum Gasteiger partial charge on any atom is 0.411 e. The van der Waals surface area contributed by atoms with Gasteiger partial charge in [-0.25, -0.2) is 9.78 Å². The number of imidazole rings is 1. The predicted octanol–water partition coefficient (Wildman–Crippen LogP) is 3.49. The summed E-state index contributed by atoms with van der Waals surface area (Å²) in [6.45, 7) is 3.81. The van der Waals surface area contributed by atoms with Crippen LogP contribution in [0.15, 0.2) is 55.0 Å². The van der Waals surface area contributed by atoms with E-state index in [0.717, 1.165) is 24.2 Å². The largest absolute Gasteiger partial charge is 0.453 e. The number of carbonyl (C=O) groups excluding carboxylic acids is 3. The van der Waals surface area contributed by atoms with Gasteiger partial charge in [0.15, 0.2) is 0 Å². The summed E-state index contributed by atoms with van der Waals surface area (Å²) in [5.74, 6) is 0.581. The number of likely N-dealkylation sites (tertiary alicyclic amines) is 1. The summed E-state index contributed by atoms with van der Waals surface area (Å²) in [5.41, 5.74) is 4.09. The van der Waals surface area contributed by atoms with Crippen molar-refractivity contribution in [2.24, 2.45) is 5.92 Å². The van der Waals surface area contributed by atoms with Crippen molar-refractivity contribution >= 4 is 47.0 Å². The highest BCUT2D eigenvalue weighted by Gasteiger charge is 2.24. The normalized spacial score (nSPS) is 14.5. The number of nitrogens with one attached hydrogen (secondary N) is 4. The number of carbonyl (C=O) groups is 3. The molecule has 0 unspecified atom stereocenters. The second kappa shape index (κ2) is 13.8. The van der Waals surface area contributed by atoms with Crippen molar-refractivity contribution in [1.82, 2.24) is 40.4 Å². The van der Waals surface area contributed by atoms with Crippen LogP contribution in [-0.4, -0.2) is 79.7 Å². The Labute approximate surface area is 257 Å². The van der Waals surface area contributed by atoms with E-state index in [1.54, 1.807) is 43.5 Å². The van der Waals surface area contributed by atoms with Crippen LogP contribution < -0.4 is 16.0 Å². The van der Waals surface area contributed by atoms with Gasteiger partial charge >= 0.3 is 6.09 Å². The summed E-state index contributed by atoms with van der Waals surface area (Å²) >= 11 is 6.16. The van der Waals surface area contributed by atoms with Gasteiger partial charge in [-0.3, -0.25) is 14.9 Å². The Kier molecular flexibility index (Phi) is 9.49. The zero-order valence-corrected chi connectivity index (χ0v) is 24.8. The number of tetrazole rings is 1. The molecule has 4 aromatic rings. The number of benzene rings is 2. The summed E-state index contributed by atoms with van der Waals surface area (Å²) in [4.78, 5) is 45.8. The van der Waals surface area contributed by atoms with Crippen molar-refractivity contribution in [1.29, 1.82) is 0 Å². The van der Waals surface area contributed by atoms with Crippen LogP contribution in [0.2, 0.25) is 5.02 Å². The molecule has 2 aromatic heterocycles. The molecule has 228 valence electrons. The summed E-state index contributed by atoms with van der Waals surface area (Å²) in [6, 6.07) is 10.6. The van der Waals surface area contributed by atoms with Crippen LogP contribution >= 0.6 is 11.6 Å². The van der Waals surface area contributed by atoms with Gasteiger partial charge in [-0.15, -0.1) is 5.10 Å². The maximum absolute atomic E-state index is 12.6. The molecule has 5 rings (SSSR count). The third-order valence-electron chi connectivity index (χ3n) is 7.10. The Hall–Kier alpha value is -5.24. The Morgan fingerprint density at radius 3 is 2.82 bits per heavy atom. The van der Waals surface area contributed by atoms with Crippen LogP contribution in [0.4, 0.5) is 16.2 Å².